The number of hydrogen-bond donors (Lipinski definition) is 0. The van der Waals surface area contributed by atoms with Gasteiger partial charge < -0.3 is 4.52 Å². The van der Waals surface area contributed by atoms with Crippen LogP contribution < -0.4 is 4.52 Å². The second-order valence-electron chi connectivity index (χ2n) is 10.3. The fourth-order valence-corrected chi connectivity index (χ4v) is 711. The molecular weight excluding hydrogens is 1710 g/mol. The highest BCUT2D eigenvalue weighted by atomic mass is 33.5. The van der Waals surface area contributed by atoms with Gasteiger partial charge in [-0.1, -0.05) is 12.1 Å². The van der Waals surface area contributed by atoms with Crippen LogP contribution in [0.5, 0.6) is 5.75 Å². The summed E-state index contributed by atoms with van der Waals surface area (Å²) in [4.78, 5) is 13.2. The topological polar surface area (TPSA) is 26.3 Å². The van der Waals surface area contributed by atoms with Gasteiger partial charge in [-0.3, -0.25) is 4.79 Å². The smallest absolute Gasteiger partial charge is 0.159 e. The second-order valence-corrected chi connectivity index (χ2v) is 219. The van der Waals surface area contributed by atoms with Crippen molar-refractivity contribution in [2.75, 3.05) is 0 Å². The average Bonchev–Trinajstić information content (AvgIpc) is 3.07. The summed E-state index contributed by atoms with van der Waals surface area (Å²) in [5.74, 6) is 1.07. The van der Waals surface area contributed by atoms with Crippen molar-refractivity contribution < 1.29 is 9.32 Å². The van der Waals surface area contributed by atoms with Crippen LogP contribution in [0.3, 0.4) is 0 Å². The van der Waals surface area contributed by atoms with Gasteiger partial charge in [0, 0.05) is 40.5 Å². The fourth-order valence-electron chi connectivity index (χ4n) is 3.94. The van der Waals surface area contributed by atoms with Gasteiger partial charge in [-0.05, 0) is 152 Å². The lowest BCUT2D eigenvalue weighted by Gasteiger charge is -2.56. The molecule has 61 heavy (non-hydrogen) atoms. The zero-order valence-corrected chi connectivity index (χ0v) is 84.2. The molecule has 29 atom stereocenters. The molecule has 1 rings (SSSR count). The monoisotopic (exact) mass is 1770 g/mol. The Balaban J connectivity index is 5.38. The SMILES string of the molecule is CC(=O)c1cccc(OP(P(P(P(P)P)P(P)P)P(P(P)P)P(P(P)P)P(P)P)P(P(P(P(P)P)P(P)P)P(P(P)P)P(P)P)P(P(P(P)P)P(P)P)P(P(P)P)P(P)P)c1. The van der Waals surface area contributed by atoms with E-state index in [0.29, 0.717) is 0 Å². The fraction of sp³-hybridized carbons (Fsp3) is 0.125. The van der Waals surface area contributed by atoms with Crippen LogP contribution in [0, 0.1) is 0 Å². The highest BCUT2D eigenvalue weighted by molar-refractivity contribution is 9.48. The Kier molecular flexibility index (Phi) is 55.5. The number of carbonyl (C=O) groups is 1. The number of rotatable bonds is 27. The number of ketones is 1. The van der Waals surface area contributed by atoms with Gasteiger partial charge in [-0.25, -0.2) is 0 Å². The van der Waals surface area contributed by atoms with Crippen molar-refractivity contribution in [1.82, 2.24) is 0 Å². The molecule has 0 aliphatic rings. The molecular formula is C8H59O2P51. The predicted molar refractivity (Wildman–Crippen MR) is 463 cm³/mol. The van der Waals surface area contributed by atoms with Crippen LogP contribution in [-0.2, 0) is 0 Å². The summed E-state index contributed by atoms with van der Waals surface area (Å²) in [5, 5.41) is 0. The Labute approximate surface area is 458 Å². The zero-order chi connectivity index (χ0) is 47.7. The zero-order valence-electron chi connectivity index (χ0n) is 31.8. The molecule has 0 fully saturated rings. The maximum absolute atomic E-state index is 13.2. The third kappa shape index (κ3) is 27.5. The molecule has 0 spiro atoms. The van der Waals surface area contributed by atoms with E-state index < -0.39 is 70.4 Å². The number of hydrogen-bond acceptors (Lipinski definition) is 2. The maximum atomic E-state index is 13.2. The molecule has 0 amide bonds. The summed E-state index contributed by atoms with van der Waals surface area (Å²) in [6.07, 6.45) is 0. The molecule has 29 unspecified atom stereocenters. The van der Waals surface area contributed by atoms with Gasteiger partial charge in [-0.2, -0.15) is 0 Å². The minimum absolute atomic E-state index is 0.114. The van der Waals surface area contributed by atoms with Gasteiger partial charge in [0.15, 0.2) is 13.3 Å². The van der Waals surface area contributed by atoms with Crippen molar-refractivity contribution in [3.63, 3.8) is 0 Å². The molecule has 2 nitrogen and oxygen atoms in total. The Morgan fingerprint density at radius 1 is 0.344 bits per heavy atom. The molecule has 0 bridgehead atoms. The summed E-state index contributed by atoms with van der Waals surface area (Å²) in [7, 11) is 88.5. The minimum atomic E-state index is -0.959. The van der Waals surface area contributed by atoms with E-state index in [0.717, 1.165) is 11.3 Å². The normalized spacial score (nSPS) is 15.3. The van der Waals surface area contributed by atoms with E-state index in [1.807, 2.05) is 6.07 Å². The van der Waals surface area contributed by atoms with Crippen LogP contribution in [0.1, 0.15) is 17.3 Å². The lowest BCUT2D eigenvalue weighted by atomic mass is 10.1. The quantitative estimate of drug-likeness (QED) is 0.0648. The predicted octanol–water partition coefficient (Wildman–Crippen LogP) is 31.7. The van der Waals surface area contributed by atoms with Crippen molar-refractivity contribution in [3.8, 4) is 5.75 Å². The molecule has 0 saturated heterocycles. The van der Waals surface area contributed by atoms with E-state index in [1.165, 1.54) is 0 Å². The van der Waals surface area contributed by atoms with E-state index in [-0.39, 0.29) is 111 Å². The Morgan fingerprint density at radius 3 is 0.820 bits per heavy atom. The van der Waals surface area contributed by atoms with Crippen molar-refractivity contribution >= 4 is 413 Å². The van der Waals surface area contributed by atoms with Gasteiger partial charge in [0.2, 0.25) is 0 Å². The number of benzene rings is 1. The van der Waals surface area contributed by atoms with Crippen molar-refractivity contribution in [3.05, 3.63) is 29.8 Å². The van der Waals surface area contributed by atoms with Crippen LogP contribution in [0.25, 0.3) is 0 Å². The van der Waals surface area contributed by atoms with E-state index >= 15 is 0 Å². The molecule has 358 valence electrons. The average molecular weight is 1770 g/mol. The molecule has 0 radical (unpaired) electrons. The first-order valence-electron chi connectivity index (χ1n) is 14.7. The first-order valence-corrected chi connectivity index (χ1v) is 107. The first kappa shape index (κ1) is 79.6. The standard InChI is InChI=1S/C8H59O2P51/c1-6(9)7-3-2-4-8(5-7)10-37(51(53(38(11)12)39(13)14)59(50(35)36)54(40(15)16)41(17)18)52(60(55(42(19)20)43(21)22)56(44(23)24)45(25)26)61(57(46(27)28)47(29)30)58(48(31)32)49(33)34/h2-5H,11-36H2,1H3. The molecule has 1 aromatic carbocycles. The third-order valence-corrected chi connectivity index (χ3v) is 353. The Bertz CT molecular complexity index is 1260. The second kappa shape index (κ2) is 42.5. The summed E-state index contributed by atoms with van der Waals surface area (Å²) in [5.41, 5.74) is 0.767. The van der Waals surface area contributed by atoms with Crippen LogP contribution in [0.4, 0.5) is 0 Å². The molecule has 1 aromatic rings. The van der Waals surface area contributed by atoms with Crippen molar-refractivity contribution in [1.29, 1.82) is 0 Å². The molecule has 53 heteroatoms. The summed E-state index contributed by atoms with van der Waals surface area (Å²) in [6, 6.07) is 8.47. The minimum Gasteiger partial charge on any atom is -0.464 e. The maximum Gasteiger partial charge on any atom is 0.159 e. The van der Waals surface area contributed by atoms with E-state index in [2.05, 4.69) is 250 Å². The van der Waals surface area contributed by atoms with Gasteiger partial charge in [0.05, 0.1) is 0 Å². The van der Waals surface area contributed by atoms with Crippen LogP contribution >= 0.6 is 407 Å². The van der Waals surface area contributed by atoms with Crippen LogP contribution in [0.15, 0.2) is 24.3 Å². The van der Waals surface area contributed by atoms with Crippen LogP contribution in [-0.4, -0.2) is 5.78 Å². The van der Waals surface area contributed by atoms with Gasteiger partial charge in [0.1, 0.15) is 5.75 Å². The van der Waals surface area contributed by atoms with Gasteiger partial charge in [0.25, 0.3) is 0 Å². The van der Waals surface area contributed by atoms with Crippen molar-refractivity contribution in [2.45, 2.75) is 6.92 Å². The molecule has 0 heterocycles. The molecule has 0 aliphatic carbocycles. The van der Waals surface area contributed by atoms with Gasteiger partial charge in [-0.15, -0.1) is 232 Å². The molecule has 0 saturated carbocycles. The Hall–Kier alpha value is 20.6. The van der Waals surface area contributed by atoms with Crippen molar-refractivity contribution in [2.24, 2.45) is 0 Å². The molecule has 0 N–H and O–H groups in total. The molecule has 0 aromatic heterocycles. The van der Waals surface area contributed by atoms with Crippen LogP contribution in [0.2, 0.25) is 0 Å². The largest absolute Gasteiger partial charge is 0.464 e. The van der Waals surface area contributed by atoms with E-state index in [1.54, 1.807) is 6.92 Å². The summed E-state index contributed by atoms with van der Waals surface area (Å²) < 4.78 is 8.45. The summed E-state index contributed by atoms with van der Waals surface area (Å²) in [6.45, 7) is -7.43. The first-order chi connectivity index (χ1) is 27.9. The lowest BCUT2D eigenvalue weighted by Crippen LogP contribution is -1.92. The number of Topliss-reactive ketones (excluding diaryl/α,β-unsaturated/α-hetero) is 1. The summed E-state index contributed by atoms with van der Waals surface area (Å²) >= 11 is 0. The number of carbonyl (C=O) groups excluding carboxylic acids is 1. The lowest BCUT2D eigenvalue weighted by molar-refractivity contribution is 0.101. The van der Waals surface area contributed by atoms with Gasteiger partial charge >= 0.3 is 0 Å². The highest BCUT2D eigenvalue weighted by Crippen LogP contribution is 3.44. The Morgan fingerprint density at radius 2 is 0.574 bits per heavy atom. The highest BCUT2D eigenvalue weighted by Gasteiger charge is 2.60. The third-order valence-electron chi connectivity index (χ3n) is 5.86. The van der Waals surface area contributed by atoms with E-state index in [4.69, 9.17) is 4.52 Å². The van der Waals surface area contributed by atoms with E-state index in [9.17, 15) is 4.79 Å². The molecule has 0 aliphatic heterocycles.